The summed E-state index contributed by atoms with van der Waals surface area (Å²) in [7, 11) is 1.99. The summed E-state index contributed by atoms with van der Waals surface area (Å²) in [5, 5.41) is 4.10. The minimum absolute atomic E-state index is 0.565. The van der Waals surface area contributed by atoms with Crippen LogP contribution in [0.15, 0.2) is 18.2 Å². The second kappa shape index (κ2) is 5.38. The Bertz CT molecular complexity index is 296. The molecule has 0 aromatic heterocycles. The van der Waals surface area contributed by atoms with E-state index in [9.17, 15) is 0 Å². The summed E-state index contributed by atoms with van der Waals surface area (Å²) in [6.45, 7) is 4.22. The maximum atomic E-state index is 6.05. The topological polar surface area (TPSA) is 12.0 Å². The van der Waals surface area contributed by atoms with Crippen LogP contribution in [0.1, 0.15) is 24.5 Å². The highest BCUT2D eigenvalue weighted by molar-refractivity contribution is 6.31. The van der Waals surface area contributed by atoms with E-state index < -0.39 is 0 Å². The van der Waals surface area contributed by atoms with Crippen LogP contribution < -0.4 is 5.32 Å². The predicted octanol–water partition coefficient (Wildman–Crippen LogP) is 3.19. The van der Waals surface area contributed by atoms with Crippen LogP contribution in [0.5, 0.6) is 0 Å². The Morgan fingerprint density at radius 1 is 1.43 bits per heavy atom. The molecule has 1 unspecified atom stereocenters. The lowest BCUT2D eigenvalue weighted by molar-refractivity contribution is 0.565. The van der Waals surface area contributed by atoms with Crippen molar-refractivity contribution in [3.63, 3.8) is 0 Å². The molecule has 0 aliphatic carbocycles. The summed E-state index contributed by atoms with van der Waals surface area (Å²) in [5.74, 6) is 0. The van der Waals surface area contributed by atoms with Crippen molar-refractivity contribution < 1.29 is 0 Å². The van der Waals surface area contributed by atoms with Gasteiger partial charge in [0.25, 0.3) is 0 Å². The van der Waals surface area contributed by atoms with E-state index in [4.69, 9.17) is 11.6 Å². The largest absolute Gasteiger partial charge is 0.317 e. The summed E-state index contributed by atoms with van der Waals surface area (Å²) >= 11 is 6.05. The first-order valence-corrected chi connectivity index (χ1v) is 5.43. The average Bonchev–Trinajstić information content (AvgIpc) is 2.19. The molecule has 14 heavy (non-hydrogen) atoms. The van der Waals surface area contributed by atoms with Crippen LogP contribution >= 0.6 is 11.6 Å². The molecule has 0 saturated heterocycles. The number of hydrogen-bond acceptors (Lipinski definition) is 1. The molecule has 0 radical (unpaired) electrons. The van der Waals surface area contributed by atoms with Crippen molar-refractivity contribution in [3.8, 4) is 0 Å². The van der Waals surface area contributed by atoms with Crippen LogP contribution in [0.3, 0.4) is 0 Å². The average molecular weight is 212 g/mol. The fourth-order valence-electron chi connectivity index (χ4n) is 1.32. The Hall–Kier alpha value is -0.530. The molecule has 78 valence electrons. The Kier molecular flexibility index (Phi) is 4.43. The van der Waals surface area contributed by atoms with Crippen molar-refractivity contribution in [1.82, 2.24) is 5.32 Å². The van der Waals surface area contributed by atoms with Gasteiger partial charge < -0.3 is 5.32 Å². The minimum atomic E-state index is 0.565. The second-order valence-corrected chi connectivity index (χ2v) is 4.22. The van der Waals surface area contributed by atoms with Crippen LogP contribution in [0.2, 0.25) is 5.02 Å². The zero-order chi connectivity index (χ0) is 10.6. The van der Waals surface area contributed by atoms with Gasteiger partial charge in [-0.25, -0.2) is 0 Å². The Morgan fingerprint density at radius 3 is 2.71 bits per heavy atom. The summed E-state index contributed by atoms with van der Waals surface area (Å²) < 4.78 is 0. The zero-order valence-corrected chi connectivity index (χ0v) is 9.86. The third-order valence-corrected chi connectivity index (χ3v) is 3.00. The minimum Gasteiger partial charge on any atom is -0.317 e. The molecule has 0 bridgehead atoms. The van der Waals surface area contributed by atoms with Gasteiger partial charge in [-0.3, -0.25) is 0 Å². The molecule has 1 N–H and O–H groups in total. The standard InChI is InChI=1S/C12H18ClN/c1-9-4-6-11(8-12(9)13)7-5-10(2)14-3/h4,6,8,10,14H,5,7H2,1-3H3. The van der Waals surface area contributed by atoms with Crippen LogP contribution in [0.4, 0.5) is 0 Å². The molecule has 1 aromatic rings. The maximum absolute atomic E-state index is 6.05. The van der Waals surface area contributed by atoms with Gasteiger partial charge in [-0.2, -0.15) is 0 Å². The van der Waals surface area contributed by atoms with Crippen molar-refractivity contribution in [3.05, 3.63) is 34.3 Å². The van der Waals surface area contributed by atoms with Crippen molar-refractivity contribution in [2.45, 2.75) is 32.7 Å². The number of nitrogens with one attached hydrogen (secondary N) is 1. The van der Waals surface area contributed by atoms with E-state index in [1.165, 1.54) is 5.56 Å². The molecule has 1 rings (SSSR count). The monoisotopic (exact) mass is 211 g/mol. The molecular formula is C12H18ClN. The molecule has 2 heteroatoms. The molecular weight excluding hydrogens is 194 g/mol. The molecule has 0 fully saturated rings. The van der Waals surface area contributed by atoms with Gasteiger partial charge in [0.15, 0.2) is 0 Å². The first-order chi connectivity index (χ1) is 6.63. The van der Waals surface area contributed by atoms with Crippen molar-refractivity contribution >= 4 is 11.6 Å². The van der Waals surface area contributed by atoms with E-state index in [1.807, 2.05) is 14.0 Å². The van der Waals surface area contributed by atoms with Crippen molar-refractivity contribution in [2.75, 3.05) is 7.05 Å². The molecule has 0 heterocycles. The molecule has 0 saturated carbocycles. The maximum Gasteiger partial charge on any atom is 0.0437 e. The fraction of sp³-hybridized carbons (Fsp3) is 0.500. The number of benzene rings is 1. The highest BCUT2D eigenvalue weighted by Gasteiger charge is 2.01. The molecule has 0 aliphatic heterocycles. The van der Waals surface area contributed by atoms with E-state index in [-0.39, 0.29) is 0 Å². The van der Waals surface area contributed by atoms with E-state index in [0.29, 0.717) is 6.04 Å². The lowest BCUT2D eigenvalue weighted by Crippen LogP contribution is -2.21. The highest BCUT2D eigenvalue weighted by atomic mass is 35.5. The number of aryl methyl sites for hydroxylation is 2. The Labute approximate surface area is 91.5 Å². The van der Waals surface area contributed by atoms with Crippen LogP contribution in [0.25, 0.3) is 0 Å². The van der Waals surface area contributed by atoms with Gasteiger partial charge in [0.05, 0.1) is 0 Å². The Balaban J connectivity index is 2.55. The molecule has 0 spiro atoms. The smallest absolute Gasteiger partial charge is 0.0437 e. The summed E-state index contributed by atoms with van der Waals surface area (Å²) in [4.78, 5) is 0. The zero-order valence-electron chi connectivity index (χ0n) is 9.10. The van der Waals surface area contributed by atoms with Crippen LogP contribution in [-0.2, 0) is 6.42 Å². The quantitative estimate of drug-likeness (QED) is 0.807. The SMILES string of the molecule is CNC(C)CCc1ccc(C)c(Cl)c1. The van der Waals surface area contributed by atoms with E-state index >= 15 is 0 Å². The number of rotatable bonds is 4. The van der Waals surface area contributed by atoms with Crippen LogP contribution in [0, 0.1) is 6.92 Å². The van der Waals surface area contributed by atoms with Crippen molar-refractivity contribution in [1.29, 1.82) is 0 Å². The van der Waals surface area contributed by atoms with Gasteiger partial charge in [-0.15, -0.1) is 0 Å². The second-order valence-electron chi connectivity index (χ2n) is 3.81. The summed E-state index contributed by atoms with van der Waals surface area (Å²) in [6, 6.07) is 6.87. The number of halogens is 1. The van der Waals surface area contributed by atoms with Crippen LogP contribution in [-0.4, -0.2) is 13.1 Å². The fourth-order valence-corrected chi connectivity index (χ4v) is 1.52. The highest BCUT2D eigenvalue weighted by Crippen LogP contribution is 2.17. The van der Waals surface area contributed by atoms with Gasteiger partial charge in [0.1, 0.15) is 0 Å². The molecule has 0 aliphatic rings. The first kappa shape index (κ1) is 11.5. The Morgan fingerprint density at radius 2 is 2.14 bits per heavy atom. The molecule has 0 amide bonds. The van der Waals surface area contributed by atoms with Gasteiger partial charge in [0.2, 0.25) is 0 Å². The third kappa shape index (κ3) is 3.32. The summed E-state index contributed by atoms with van der Waals surface area (Å²) in [6.07, 6.45) is 2.23. The lowest BCUT2D eigenvalue weighted by atomic mass is 10.0. The van der Waals surface area contributed by atoms with E-state index in [2.05, 4.69) is 30.4 Å². The van der Waals surface area contributed by atoms with Gasteiger partial charge in [0, 0.05) is 11.1 Å². The number of hydrogen-bond donors (Lipinski definition) is 1. The molecule has 1 aromatic carbocycles. The van der Waals surface area contributed by atoms with Crippen molar-refractivity contribution in [2.24, 2.45) is 0 Å². The first-order valence-electron chi connectivity index (χ1n) is 5.05. The molecule has 1 nitrogen and oxygen atoms in total. The lowest BCUT2D eigenvalue weighted by Gasteiger charge is -2.10. The summed E-state index contributed by atoms with van der Waals surface area (Å²) in [5.41, 5.74) is 2.47. The molecule has 1 atom stereocenters. The van der Waals surface area contributed by atoms with Gasteiger partial charge in [-0.1, -0.05) is 23.7 Å². The van der Waals surface area contributed by atoms with Gasteiger partial charge in [-0.05, 0) is 50.9 Å². The third-order valence-electron chi connectivity index (χ3n) is 2.60. The normalized spacial score (nSPS) is 12.9. The van der Waals surface area contributed by atoms with E-state index in [0.717, 1.165) is 23.4 Å². The van der Waals surface area contributed by atoms with E-state index in [1.54, 1.807) is 0 Å². The predicted molar refractivity (Wildman–Crippen MR) is 63.0 cm³/mol. The van der Waals surface area contributed by atoms with Gasteiger partial charge >= 0.3 is 0 Å².